The van der Waals surface area contributed by atoms with Crippen molar-refractivity contribution in [2.45, 2.75) is 37.6 Å². The van der Waals surface area contributed by atoms with Gasteiger partial charge in [0.05, 0.1) is 28.8 Å². The summed E-state index contributed by atoms with van der Waals surface area (Å²) in [6, 6.07) is 6.73. The normalized spacial score (nSPS) is 11.6. The van der Waals surface area contributed by atoms with Gasteiger partial charge in [-0.2, -0.15) is 5.26 Å². The summed E-state index contributed by atoms with van der Waals surface area (Å²) in [5.41, 5.74) is 2.20. The van der Waals surface area contributed by atoms with Gasteiger partial charge in [0.15, 0.2) is 23.4 Å². The molecule has 3 rings (SSSR count). The van der Waals surface area contributed by atoms with Crippen LogP contribution < -0.4 is 9.47 Å². The Balaban J connectivity index is 2.13. The van der Waals surface area contributed by atoms with Crippen LogP contribution in [0.1, 0.15) is 5.56 Å². The van der Waals surface area contributed by atoms with Crippen molar-refractivity contribution in [3.05, 3.63) is 28.9 Å². The van der Waals surface area contributed by atoms with Crippen LogP contribution in [0.2, 0.25) is 30.7 Å². The minimum absolute atomic E-state index is 0.0429. The van der Waals surface area contributed by atoms with E-state index in [0.717, 1.165) is 6.04 Å². The van der Waals surface area contributed by atoms with Gasteiger partial charge >= 0.3 is 0 Å². The van der Waals surface area contributed by atoms with E-state index >= 15 is 0 Å². The van der Waals surface area contributed by atoms with Gasteiger partial charge in [-0.3, -0.25) is 0 Å². The summed E-state index contributed by atoms with van der Waals surface area (Å²) in [5, 5.41) is 11.5. The lowest BCUT2D eigenvalue weighted by Gasteiger charge is -2.16. The zero-order valence-electron chi connectivity index (χ0n) is 20.3. The second kappa shape index (κ2) is 11.4. The number of ether oxygens (including phenoxy) is 4. The predicted octanol–water partition coefficient (Wildman–Crippen LogP) is 5.65. The van der Waals surface area contributed by atoms with E-state index < -0.39 is 8.07 Å². The fourth-order valence-corrected chi connectivity index (χ4v) is 4.65. The molecule has 2 aromatic heterocycles. The van der Waals surface area contributed by atoms with Crippen LogP contribution in [-0.4, -0.2) is 56.5 Å². The number of rotatable bonds is 11. The van der Waals surface area contributed by atoms with Crippen LogP contribution in [0.25, 0.3) is 22.3 Å². The van der Waals surface area contributed by atoms with E-state index in [0.29, 0.717) is 62.9 Å². The SMILES string of the molecule is COCOc1cc(-c2nc(SC)nc3c2c(C#N)cn3COCC[Si](C)(C)C)c(Cl)cc1OC. The van der Waals surface area contributed by atoms with E-state index in [1.165, 1.54) is 26.0 Å². The molecule has 0 radical (unpaired) electrons. The van der Waals surface area contributed by atoms with Crippen molar-refractivity contribution in [1.29, 1.82) is 5.26 Å². The molecular weight excluding hydrogens is 492 g/mol. The summed E-state index contributed by atoms with van der Waals surface area (Å²) in [7, 11) is 1.87. The molecule has 0 saturated heterocycles. The molecule has 3 aromatic rings. The van der Waals surface area contributed by atoms with Crippen molar-refractivity contribution in [2.75, 3.05) is 33.9 Å². The van der Waals surface area contributed by atoms with Crippen LogP contribution in [0, 0.1) is 11.3 Å². The lowest BCUT2D eigenvalue weighted by atomic mass is 10.1. The molecule has 8 nitrogen and oxygen atoms in total. The summed E-state index contributed by atoms with van der Waals surface area (Å²) in [4.78, 5) is 9.40. The minimum atomic E-state index is -1.21. The second-order valence-electron chi connectivity index (χ2n) is 8.76. The van der Waals surface area contributed by atoms with Gasteiger partial charge in [0, 0.05) is 39.6 Å². The zero-order chi connectivity index (χ0) is 24.9. The van der Waals surface area contributed by atoms with E-state index in [1.807, 2.05) is 10.8 Å². The third-order valence-corrected chi connectivity index (χ3v) is 7.63. The number of thioether (sulfide) groups is 1. The number of nitrogens with zero attached hydrogens (tertiary/aromatic N) is 4. The van der Waals surface area contributed by atoms with Gasteiger partial charge < -0.3 is 23.5 Å². The lowest BCUT2D eigenvalue weighted by Crippen LogP contribution is -2.22. The highest BCUT2D eigenvalue weighted by molar-refractivity contribution is 7.98. The molecule has 0 N–H and O–H groups in total. The molecule has 0 spiro atoms. The highest BCUT2D eigenvalue weighted by Crippen LogP contribution is 2.41. The van der Waals surface area contributed by atoms with Gasteiger partial charge in [-0.15, -0.1) is 0 Å². The molecule has 34 heavy (non-hydrogen) atoms. The molecule has 0 bridgehead atoms. The van der Waals surface area contributed by atoms with Crippen molar-refractivity contribution >= 4 is 42.5 Å². The quantitative estimate of drug-likeness (QED) is 0.105. The standard InChI is InChI=1S/C23H29ClN4O4SSi/c1-29-14-32-19-9-16(17(24)10-18(19)30-2)21-20-15(11-25)12-28(13-31-7-8-34(4,5)6)22(20)27-23(26-21)33-3/h9-10,12H,7-8,13-14H2,1-6H3. The van der Waals surface area contributed by atoms with E-state index in [9.17, 15) is 5.26 Å². The number of benzene rings is 1. The van der Waals surface area contributed by atoms with Crippen LogP contribution >= 0.6 is 23.4 Å². The summed E-state index contributed by atoms with van der Waals surface area (Å²) < 4.78 is 23.9. The molecule has 0 saturated carbocycles. The highest BCUT2D eigenvalue weighted by Gasteiger charge is 2.22. The first-order chi connectivity index (χ1) is 16.2. The van der Waals surface area contributed by atoms with Crippen molar-refractivity contribution in [2.24, 2.45) is 0 Å². The average Bonchev–Trinajstić information content (AvgIpc) is 3.17. The van der Waals surface area contributed by atoms with Gasteiger partial charge in [0.25, 0.3) is 0 Å². The van der Waals surface area contributed by atoms with Crippen LogP contribution in [0.3, 0.4) is 0 Å². The van der Waals surface area contributed by atoms with Crippen LogP contribution in [0.15, 0.2) is 23.5 Å². The molecule has 2 heterocycles. The molecule has 0 aliphatic carbocycles. The monoisotopic (exact) mass is 520 g/mol. The number of aromatic nitrogens is 3. The topological polar surface area (TPSA) is 91.4 Å². The molecule has 0 amide bonds. The molecule has 0 atom stereocenters. The minimum Gasteiger partial charge on any atom is -0.493 e. The Morgan fingerprint density at radius 2 is 1.94 bits per heavy atom. The fraction of sp³-hybridized carbons (Fsp3) is 0.435. The van der Waals surface area contributed by atoms with Crippen molar-refractivity contribution in [3.8, 4) is 28.8 Å². The fourth-order valence-electron chi connectivity index (χ4n) is 3.29. The predicted molar refractivity (Wildman–Crippen MR) is 138 cm³/mol. The van der Waals surface area contributed by atoms with Gasteiger partial charge in [-0.25, -0.2) is 9.97 Å². The third-order valence-electron chi connectivity index (χ3n) is 5.07. The molecule has 1 aromatic carbocycles. The molecule has 182 valence electrons. The Morgan fingerprint density at radius 3 is 2.56 bits per heavy atom. The number of hydrogen-bond donors (Lipinski definition) is 0. The van der Waals surface area contributed by atoms with Gasteiger partial charge in [0.1, 0.15) is 18.4 Å². The van der Waals surface area contributed by atoms with Crippen molar-refractivity contribution in [3.63, 3.8) is 0 Å². The van der Waals surface area contributed by atoms with E-state index in [4.69, 9.17) is 35.5 Å². The molecule has 0 aliphatic rings. The summed E-state index contributed by atoms with van der Waals surface area (Å²) >= 11 is 8.06. The molecule has 11 heteroatoms. The maximum Gasteiger partial charge on any atom is 0.189 e. The first-order valence-corrected chi connectivity index (χ1v) is 16.0. The zero-order valence-corrected chi connectivity index (χ0v) is 22.8. The third kappa shape index (κ3) is 6.03. The van der Waals surface area contributed by atoms with E-state index in [1.54, 1.807) is 18.3 Å². The highest BCUT2D eigenvalue weighted by atomic mass is 35.5. The Labute approximate surface area is 210 Å². The Bertz CT molecular complexity index is 1210. The maximum absolute atomic E-state index is 9.89. The number of methoxy groups -OCH3 is 2. The van der Waals surface area contributed by atoms with Gasteiger partial charge in [-0.1, -0.05) is 43.0 Å². The largest absolute Gasteiger partial charge is 0.493 e. The summed E-state index contributed by atoms with van der Waals surface area (Å²) in [5.74, 6) is 0.920. The smallest absolute Gasteiger partial charge is 0.189 e. The summed E-state index contributed by atoms with van der Waals surface area (Å²) in [6.45, 7) is 7.93. The summed E-state index contributed by atoms with van der Waals surface area (Å²) in [6.07, 6.45) is 3.65. The van der Waals surface area contributed by atoms with Gasteiger partial charge in [-0.05, 0) is 18.4 Å². The van der Waals surface area contributed by atoms with E-state index in [2.05, 4.69) is 30.7 Å². The second-order valence-corrected chi connectivity index (χ2v) is 15.6. The first kappa shape index (κ1) is 26.3. The lowest BCUT2D eigenvalue weighted by molar-refractivity contribution is 0.0492. The number of fused-ring (bicyclic) bond motifs is 1. The first-order valence-electron chi connectivity index (χ1n) is 10.6. The van der Waals surface area contributed by atoms with Gasteiger partial charge in [0.2, 0.25) is 0 Å². The van der Waals surface area contributed by atoms with Crippen molar-refractivity contribution < 1.29 is 18.9 Å². The van der Waals surface area contributed by atoms with Crippen LogP contribution in [0.5, 0.6) is 11.5 Å². The van der Waals surface area contributed by atoms with Crippen molar-refractivity contribution in [1.82, 2.24) is 14.5 Å². The molecule has 0 aliphatic heterocycles. The van der Waals surface area contributed by atoms with Crippen LogP contribution in [-0.2, 0) is 16.2 Å². The Hall–Kier alpha value is -2.29. The van der Waals surface area contributed by atoms with E-state index in [-0.39, 0.29) is 6.79 Å². The molecular formula is C23H29ClN4O4SSi. The maximum atomic E-state index is 9.89. The molecule has 0 unspecified atom stereocenters. The number of halogens is 1. The average molecular weight is 521 g/mol. The number of nitriles is 1. The molecule has 0 fully saturated rings. The number of hydrogen-bond acceptors (Lipinski definition) is 8. The Kier molecular flexibility index (Phi) is 8.84. The van der Waals surface area contributed by atoms with Crippen LogP contribution in [0.4, 0.5) is 0 Å². The Morgan fingerprint density at radius 1 is 1.18 bits per heavy atom.